The largest absolute Gasteiger partial charge is 0.204 e. The third kappa shape index (κ3) is 2.83. The first-order valence-corrected chi connectivity index (χ1v) is 6.59. The van der Waals surface area contributed by atoms with Crippen LogP contribution in [-0.4, -0.2) is 0 Å². The van der Waals surface area contributed by atoms with Crippen LogP contribution in [0.4, 0.5) is 8.78 Å². The summed E-state index contributed by atoms with van der Waals surface area (Å²) in [6.45, 7) is 6.41. The summed E-state index contributed by atoms with van der Waals surface area (Å²) in [4.78, 5) is 0. The van der Waals surface area contributed by atoms with Crippen molar-refractivity contribution in [3.05, 3.63) is 59.2 Å². The molecular formula is C17H18F2. The van der Waals surface area contributed by atoms with Crippen LogP contribution in [0.25, 0.3) is 11.1 Å². The van der Waals surface area contributed by atoms with Crippen LogP contribution in [0, 0.1) is 18.6 Å². The van der Waals surface area contributed by atoms with Crippen molar-refractivity contribution >= 4 is 0 Å². The third-order valence-corrected chi connectivity index (χ3v) is 3.67. The zero-order chi connectivity index (χ0) is 14.0. The molecule has 0 heterocycles. The van der Waals surface area contributed by atoms with Gasteiger partial charge in [-0.15, -0.1) is 0 Å². The molecule has 2 aromatic rings. The summed E-state index contributed by atoms with van der Waals surface area (Å²) < 4.78 is 26.2. The molecule has 0 radical (unpaired) electrons. The Hall–Kier alpha value is -1.70. The standard InChI is InChI=1S/C17H18F2/c1-4-11(2)15-7-5-13(9-12(15)3)14-6-8-16(18)17(19)10-14/h5-11H,4H2,1-3H3. The van der Waals surface area contributed by atoms with Crippen LogP contribution in [0.1, 0.15) is 37.3 Å². The van der Waals surface area contributed by atoms with Gasteiger partial charge in [0.15, 0.2) is 11.6 Å². The molecule has 0 aliphatic rings. The minimum atomic E-state index is -0.809. The van der Waals surface area contributed by atoms with Crippen molar-refractivity contribution in [3.63, 3.8) is 0 Å². The fourth-order valence-electron chi connectivity index (χ4n) is 2.30. The third-order valence-electron chi connectivity index (χ3n) is 3.67. The second kappa shape index (κ2) is 5.52. The van der Waals surface area contributed by atoms with E-state index >= 15 is 0 Å². The zero-order valence-corrected chi connectivity index (χ0v) is 11.5. The van der Waals surface area contributed by atoms with Gasteiger partial charge in [0.25, 0.3) is 0 Å². The lowest BCUT2D eigenvalue weighted by Crippen LogP contribution is -1.95. The Labute approximate surface area is 113 Å². The smallest absolute Gasteiger partial charge is 0.159 e. The molecule has 0 saturated heterocycles. The number of halogens is 2. The summed E-state index contributed by atoms with van der Waals surface area (Å²) in [7, 11) is 0. The van der Waals surface area contributed by atoms with Gasteiger partial charge >= 0.3 is 0 Å². The van der Waals surface area contributed by atoms with Gasteiger partial charge in [-0.05, 0) is 53.6 Å². The Balaban J connectivity index is 2.41. The van der Waals surface area contributed by atoms with Gasteiger partial charge in [0, 0.05) is 0 Å². The molecule has 0 saturated carbocycles. The van der Waals surface area contributed by atoms with Gasteiger partial charge in [-0.1, -0.05) is 38.1 Å². The highest BCUT2D eigenvalue weighted by atomic mass is 19.2. The van der Waals surface area contributed by atoms with Crippen molar-refractivity contribution in [2.45, 2.75) is 33.1 Å². The number of hydrogen-bond donors (Lipinski definition) is 0. The first-order chi connectivity index (χ1) is 9.02. The van der Waals surface area contributed by atoms with E-state index in [-0.39, 0.29) is 0 Å². The highest BCUT2D eigenvalue weighted by Crippen LogP contribution is 2.28. The van der Waals surface area contributed by atoms with Crippen LogP contribution in [0.5, 0.6) is 0 Å². The molecule has 2 aromatic carbocycles. The number of benzene rings is 2. The summed E-state index contributed by atoms with van der Waals surface area (Å²) in [5.74, 6) is -1.10. The van der Waals surface area contributed by atoms with Crippen molar-refractivity contribution in [1.82, 2.24) is 0 Å². The van der Waals surface area contributed by atoms with Gasteiger partial charge in [-0.3, -0.25) is 0 Å². The van der Waals surface area contributed by atoms with Gasteiger partial charge in [0.1, 0.15) is 0 Å². The predicted molar refractivity (Wildman–Crippen MR) is 75.2 cm³/mol. The lowest BCUT2D eigenvalue weighted by atomic mass is 9.91. The van der Waals surface area contributed by atoms with Crippen LogP contribution >= 0.6 is 0 Å². The first-order valence-electron chi connectivity index (χ1n) is 6.59. The first kappa shape index (κ1) is 13.7. The van der Waals surface area contributed by atoms with E-state index in [1.54, 1.807) is 6.07 Å². The molecule has 2 heteroatoms. The van der Waals surface area contributed by atoms with Crippen molar-refractivity contribution < 1.29 is 8.78 Å². The highest BCUT2D eigenvalue weighted by molar-refractivity contribution is 5.65. The minimum Gasteiger partial charge on any atom is -0.204 e. The van der Waals surface area contributed by atoms with E-state index in [2.05, 4.69) is 26.8 Å². The average molecular weight is 260 g/mol. The molecule has 0 aliphatic heterocycles. The molecule has 100 valence electrons. The topological polar surface area (TPSA) is 0 Å². The van der Waals surface area contributed by atoms with Crippen molar-refractivity contribution in [2.24, 2.45) is 0 Å². The van der Waals surface area contributed by atoms with Crippen LogP contribution in [0.2, 0.25) is 0 Å². The minimum absolute atomic E-state index is 0.513. The molecule has 1 unspecified atom stereocenters. The molecule has 1 atom stereocenters. The van der Waals surface area contributed by atoms with Crippen molar-refractivity contribution in [1.29, 1.82) is 0 Å². The Morgan fingerprint density at radius 3 is 2.16 bits per heavy atom. The zero-order valence-electron chi connectivity index (χ0n) is 11.5. The summed E-state index contributed by atoms with van der Waals surface area (Å²) in [5.41, 5.74) is 4.13. The molecule has 0 nitrogen and oxygen atoms in total. The number of hydrogen-bond acceptors (Lipinski definition) is 0. The second-order valence-corrected chi connectivity index (χ2v) is 5.01. The summed E-state index contributed by atoms with van der Waals surface area (Å²) in [6.07, 6.45) is 1.09. The maximum Gasteiger partial charge on any atom is 0.159 e. The highest BCUT2D eigenvalue weighted by Gasteiger charge is 2.09. The van der Waals surface area contributed by atoms with E-state index in [0.29, 0.717) is 11.5 Å². The number of aryl methyl sites for hydroxylation is 1. The molecule has 0 fully saturated rings. The van der Waals surface area contributed by atoms with E-state index in [1.807, 2.05) is 12.1 Å². The van der Waals surface area contributed by atoms with Crippen LogP contribution in [0.3, 0.4) is 0 Å². The van der Waals surface area contributed by atoms with E-state index in [9.17, 15) is 8.78 Å². The van der Waals surface area contributed by atoms with Crippen LogP contribution < -0.4 is 0 Å². The summed E-state index contributed by atoms with van der Waals surface area (Å²) in [5, 5.41) is 0. The Morgan fingerprint density at radius 1 is 0.947 bits per heavy atom. The molecule has 0 amide bonds. The molecule has 0 aromatic heterocycles. The van der Waals surface area contributed by atoms with Crippen LogP contribution in [0.15, 0.2) is 36.4 Å². The molecule has 19 heavy (non-hydrogen) atoms. The maximum atomic E-state index is 13.3. The van der Waals surface area contributed by atoms with E-state index in [0.717, 1.165) is 12.0 Å². The lowest BCUT2D eigenvalue weighted by molar-refractivity contribution is 0.509. The molecule has 2 rings (SSSR count). The Bertz CT molecular complexity index is 588. The second-order valence-electron chi connectivity index (χ2n) is 5.01. The van der Waals surface area contributed by atoms with Crippen molar-refractivity contribution in [3.8, 4) is 11.1 Å². The molecule has 0 N–H and O–H groups in total. The van der Waals surface area contributed by atoms with Gasteiger partial charge < -0.3 is 0 Å². The van der Waals surface area contributed by atoms with E-state index in [4.69, 9.17) is 0 Å². The summed E-state index contributed by atoms with van der Waals surface area (Å²) >= 11 is 0. The average Bonchev–Trinajstić information content (AvgIpc) is 2.41. The normalized spacial score (nSPS) is 12.5. The SMILES string of the molecule is CCC(C)c1ccc(-c2ccc(F)c(F)c2)cc1C. The van der Waals surface area contributed by atoms with E-state index in [1.165, 1.54) is 23.3 Å². The summed E-state index contributed by atoms with van der Waals surface area (Å²) in [6, 6.07) is 10.1. The quantitative estimate of drug-likeness (QED) is 0.688. The molecule has 0 spiro atoms. The molecule has 0 aliphatic carbocycles. The maximum absolute atomic E-state index is 13.3. The molecule has 0 bridgehead atoms. The van der Waals surface area contributed by atoms with Crippen LogP contribution in [-0.2, 0) is 0 Å². The Kier molecular flexibility index (Phi) is 3.98. The fraction of sp³-hybridized carbons (Fsp3) is 0.294. The van der Waals surface area contributed by atoms with Crippen molar-refractivity contribution in [2.75, 3.05) is 0 Å². The predicted octanol–water partition coefficient (Wildman–Crippen LogP) is 5.45. The fourth-order valence-corrected chi connectivity index (χ4v) is 2.30. The van der Waals surface area contributed by atoms with E-state index < -0.39 is 11.6 Å². The van der Waals surface area contributed by atoms with Gasteiger partial charge in [-0.2, -0.15) is 0 Å². The molecular weight excluding hydrogens is 242 g/mol. The van der Waals surface area contributed by atoms with Gasteiger partial charge in [0.05, 0.1) is 0 Å². The Morgan fingerprint density at radius 2 is 1.58 bits per heavy atom. The number of rotatable bonds is 3. The monoisotopic (exact) mass is 260 g/mol. The lowest BCUT2D eigenvalue weighted by Gasteiger charge is -2.14. The van der Waals surface area contributed by atoms with Gasteiger partial charge in [-0.25, -0.2) is 8.78 Å². The van der Waals surface area contributed by atoms with Gasteiger partial charge in [0.2, 0.25) is 0 Å².